The van der Waals surface area contributed by atoms with Gasteiger partial charge in [0.2, 0.25) is 0 Å². The van der Waals surface area contributed by atoms with Crippen molar-refractivity contribution in [3.8, 4) is 0 Å². The molecular weight excluding hydrogens is 299 g/mol. The monoisotopic (exact) mass is 308 g/mol. The van der Waals surface area contributed by atoms with Crippen molar-refractivity contribution in [1.29, 1.82) is 0 Å². The van der Waals surface area contributed by atoms with Crippen molar-refractivity contribution in [1.82, 2.24) is 4.98 Å². The van der Waals surface area contributed by atoms with Crippen molar-refractivity contribution in [2.75, 3.05) is 5.32 Å². The molecule has 0 spiro atoms. The second kappa shape index (κ2) is 5.37. The van der Waals surface area contributed by atoms with Gasteiger partial charge in [-0.15, -0.1) is 11.3 Å². The molecule has 0 aliphatic heterocycles. The highest BCUT2D eigenvalue weighted by atomic mass is 35.5. The van der Waals surface area contributed by atoms with Gasteiger partial charge in [-0.1, -0.05) is 23.2 Å². The Kier molecular flexibility index (Phi) is 3.60. The number of pyridine rings is 1. The molecule has 3 rings (SSSR count). The fourth-order valence-corrected chi connectivity index (χ4v) is 3.15. The Bertz CT molecular complexity index is 724. The summed E-state index contributed by atoms with van der Waals surface area (Å²) in [5, 5.41) is 7.80. The number of thiophene rings is 1. The Balaban J connectivity index is 1.91. The number of aromatic nitrogens is 1. The van der Waals surface area contributed by atoms with Gasteiger partial charge in [-0.3, -0.25) is 4.98 Å². The summed E-state index contributed by atoms with van der Waals surface area (Å²) in [6.07, 6.45) is 1.75. The van der Waals surface area contributed by atoms with E-state index in [-0.39, 0.29) is 0 Å². The standard InChI is InChI=1S/C14H10Cl2N2S/c15-9-6-10(19-8-9)7-18-13-4-3-12(16)14-11(13)2-1-5-17-14/h1-6,8,18H,7H2. The maximum Gasteiger partial charge on any atom is 0.0908 e. The predicted molar refractivity (Wildman–Crippen MR) is 83.4 cm³/mol. The summed E-state index contributed by atoms with van der Waals surface area (Å²) in [6, 6.07) is 9.72. The van der Waals surface area contributed by atoms with Crippen LogP contribution in [-0.2, 0) is 6.54 Å². The highest BCUT2D eigenvalue weighted by Gasteiger charge is 2.05. The molecule has 96 valence electrons. The average Bonchev–Trinajstić information content (AvgIpc) is 2.84. The number of fused-ring (bicyclic) bond motifs is 1. The van der Waals surface area contributed by atoms with Gasteiger partial charge in [-0.25, -0.2) is 0 Å². The van der Waals surface area contributed by atoms with Gasteiger partial charge in [0, 0.05) is 34.1 Å². The van der Waals surface area contributed by atoms with E-state index in [0.29, 0.717) is 5.02 Å². The van der Waals surface area contributed by atoms with Gasteiger partial charge >= 0.3 is 0 Å². The summed E-state index contributed by atoms with van der Waals surface area (Å²) in [6.45, 7) is 0.739. The Morgan fingerprint density at radius 1 is 1.21 bits per heavy atom. The molecule has 1 aromatic carbocycles. The Morgan fingerprint density at radius 3 is 2.89 bits per heavy atom. The first-order valence-corrected chi connectivity index (χ1v) is 7.37. The van der Waals surface area contributed by atoms with E-state index in [2.05, 4.69) is 10.3 Å². The minimum atomic E-state index is 0.667. The van der Waals surface area contributed by atoms with Crippen molar-refractivity contribution in [2.45, 2.75) is 6.54 Å². The van der Waals surface area contributed by atoms with Crippen LogP contribution in [0.15, 0.2) is 41.9 Å². The van der Waals surface area contributed by atoms with Crippen LogP contribution in [0.25, 0.3) is 10.9 Å². The summed E-state index contributed by atoms with van der Waals surface area (Å²) in [5.74, 6) is 0. The highest BCUT2D eigenvalue weighted by Crippen LogP contribution is 2.29. The van der Waals surface area contributed by atoms with E-state index in [4.69, 9.17) is 23.2 Å². The van der Waals surface area contributed by atoms with Crippen LogP contribution < -0.4 is 5.32 Å². The third-order valence-corrected chi connectivity index (χ3v) is 4.38. The molecule has 3 aromatic rings. The summed E-state index contributed by atoms with van der Waals surface area (Å²) in [7, 11) is 0. The minimum absolute atomic E-state index is 0.667. The van der Waals surface area contributed by atoms with Crippen LogP contribution >= 0.6 is 34.5 Å². The molecule has 0 bridgehead atoms. The van der Waals surface area contributed by atoms with Crippen molar-refractivity contribution in [3.63, 3.8) is 0 Å². The van der Waals surface area contributed by atoms with E-state index < -0.39 is 0 Å². The van der Waals surface area contributed by atoms with Crippen LogP contribution in [0.3, 0.4) is 0 Å². The lowest BCUT2D eigenvalue weighted by Gasteiger charge is -2.09. The van der Waals surface area contributed by atoms with Gasteiger partial charge in [0.15, 0.2) is 0 Å². The Hall–Kier alpha value is -1.29. The number of rotatable bonds is 3. The van der Waals surface area contributed by atoms with Gasteiger partial charge < -0.3 is 5.32 Å². The van der Waals surface area contributed by atoms with Crippen molar-refractivity contribution in [2.24, 2.45) is 0 Å². The number of benzene rings is 1. The zero-order valence-electron chi connectivity index (χ0n) is 9.86. The lowest BCUT2D eigenvalue weighted by Crippen LogP contribution is -1.98. The topological polar surface area (TPSA) is 24.9 Å². The van der Waals surface area contributed by atoms with E-state index in [0.717, 1.165) is 28.2 Å². The van der Waals surface area contributed by atoms with Gasteiger partial charge in [0.05, 0.1) is 15.6 Å². The third-order valence-electron chi connectivity index (χ3n) is 2.80. The smallest absolute Gasteiger partial charge is 0.0908 e. The fraction of sp³-hybridized carbons (Fsp3) is 0.0714. The molecule has 0 atom stereocenters. The molecule has 0 unspecified atom stereocenters. The van der Waals surface area contributed by atoms with Gasteiger partial charge in [-0.2, -0.15) is 0 Å². The molecule has 0 radical (unpaired) electrons. The molecule has 1 N–H and O–H groups in total. The molecule has 0 aliphatic carbocycles. The van der Waals surface area contributed by atoms with E-state index in [1.54, 1.807) is 17.5 Å². The van der Waals surface area contributed by atoms with Crippen LogP contribution in [0.5, 0.6) is 0 Å². The van der Waals surface area contributed by atoms with E-state index in [1.165, 1.54) is 4.88 Å². The number of hydrogen-bond donors (Lipinski definition) is 1. The van der Waals surface area contributed by atoms with Crippen LogP contribution in [0, 0.1) is 0 Å². The van der Waals surface area contributed by atoms with Crippen molar-refractivity contribution < 1.29 is 0 Å². The molecule has 0 aliphatic rings. The third kappa shape index (κ3) is 2.68. The zero-order chi connectivity index (χ0) is 13.2. The first-order valence-electron chi connectivity index (χ1n) is 5.74. The normalized spacial score (nSPS) is 10.8. The van der Waals surface area contributed by atoms with Gasteiger partial charge in [0.1, 0.15) is 0 Å². The van der Waals surface area contributed by atoms with Gasteiger partial charge in [0.25, 0.3) is 0 Å². The summed E-state index contributed by atoms with van der Waals surface area (Å²) in [4.78, 5) is 5.50. The quantitative estimate of drug-likeness (QED) is 0.718. The molecule has 2 heterocycles. The van der Waals surface area contributed by atoms with E-state index >= 15 is 0 Å². The molecule has 0 amide bonds. The first-order chi connectivity index (χ1) is 9.24. The highest BCUT2D eigenvalue weighted by molar-refractivity contribution is 7.10. The molecule has 5 heteroatoms. The number of hydrogen-bond acceptors (Lipinski definition) is 3. The van der Waals surface area contributed by atoms with E-state index in [9.17, 15) is 0 Å². The summed E-state index contributed by atoms with van der Waals surface area (Å²) < 4.78 is 0. The molecule has 0 saturated carbocycles. The zero-order valence-corrected chi connectivity index (χ0v) is 12.2. The van der Waals surface area contributed by atoms with Crippen molar-refractivity contribution in [3.05, 3.63) is 56.8 Å². The minimum Gasteiger partial charge on any atom is -0.380 e. The molecule has 2 aromatic heterocycles. The molecule has 0 fully saturated rings. The SMILES string of the molecule is Clc1csc(CNc2ccc(Cl)c3ncccc23)c1. The van der Waals surface area contributed by atoms with Crippen molar-refractivity contribution >= 4 is 51.1 Å². The largest absolute Gasteiger partial charge is 0.380 e. The van der Waals surface area contributed by atoms with E-state index in [1.807, 2.05) is 35.7 Å². The summed E-state index contributed by atoms with van der Waals surface area (Å²) >= 11 is 13.7. The lowest BCUT2D eigenvalue weighted by atomic mass is 10.2. The number of nitrogens with one attached hydrogen (secondary N) is 1. The van der Waals surface area contributed by atoms with Crippen LogP contribution in [0.2, 0.25) is 10.0 Å². The molecule has 19 heavy (non-hydrogen) atoms. The van der Waals surface area contributed by atoms with Crippen LogP contribution in [0.1, 0.15) is 4.88 Å². The van der Waals surface area contributed by atoms with Gasteiger partial charge in [-0.05, 0) is 30.3 Å². The number of nitrogens with zero attached hydrogens (tertiary/aromatic N) is 1. The average molecular weight is 309 g/mol. The lowest BCUT2D eigenvalue weighted by molar-refractivity contribution is 1.20. The Morgan fingerprint density at radius 2 is 2.11 bits per heavy atom. The second-order valence-corrected chi connectivity index (χ2v) is 5.92. The second-order valence-electron chi connectivity index (χ2n) is 4.08. The number of anilines is 1. The Labute approximate surface area is 125 Å². The first kappa shape index (κ1) is 12.7. The molecule has 2 nitrogen and oxygen atoms in total. The molecule has 0 saturated heterocycles. The maximum atomic E-state index is 6.14. The fourth-order valence-electron chi connectivity index (χ4n) is 1.92. The number of halogens is 2. The molecular formula is C14H10Cl2N2S. The maximum absolute atomic E-state index is 6.14. The summed E-state index contributed by atoms with van der Waals surface area (Å²) in [5.41, 5.74) is 1.84. The van der Waals surface area contributed by atoms with Crippen LogP contribution in [-0.4, -0.2) is 4.98 Å². The van der Waals surface area contributed by atoms with Crippen LogP contribution in [0.4, 0.5) is 5.69 Å². The predicted octanol–water partition coefficient (Wildman–Crippen LogP) is 5.22.